The first-order valence-electron chi connectivity index (χ1n) is 11.2. The molecular formula is C26H28N6O3. The number of hydrogen-bond donors (Lipinski definition) is 1. The quantitative estimate of drug-likeness (QED) is 0.349. The molecule has 2 heterocycles. The zero-order chi connectivity index (χ0) is 24.6. The summed E-state index contributed by atoms with van der Waals surface area (Å²) in [5.41, 5.74) is 2.36. The molecule has 2 aromatic heterocycles. The van der Waals surface area contributed by atoms with E-state index in [1.165, 1.54) is 12.4 Å². The highest BCUT2D eigenvalue weighted by Crippen LogP contribution is 2.32. The molecule has 0 radical (unpaired) electrons. The van der Waals surface area contributed by atoms with Crippen LogP contribution in [0.5, 0.6) is 11.5 Å². The lowest BCUT2D eigenvalue weighted by Gasteiger charge is -2.15. The molecule has 0 saturated heterocycles. The van der Waals surface area contributed by atoms with Crippen LogP contribution in [0, 0.1) is 0 Å². The molecule has 0 saturated carbocycles. The largest absolute Gasteiger partial charge is 0.457 e. The molecule has 4 rings (SSSR count). The fourth-order valence-corrected chi connectivity index (χ4v) is 3.59. The SMILES string of the molecule is CNc1ncnc2c1c(-c1ccc(Oc3ccccc3)cc1)nn2CCN(C)C(=O)/C=C/COC. The average Bonchev–Trinajstić information content (AvgIpc) is 3.27. The van der Waals surface area contributed by atoms with Crippen molar-refractivity contribution in [3.63, 3.8) is 0 Å². The van der Waals surface area contributed by atoms with Crippen LogP contribution in [0.25, 0.3) is 22.3 Å². The molecule has 35 heavy (non-hydrogen) atoms. The van der Waals surface area contributed by atoms with Gasteiger partial charge < -0.3 is 19.7 Å². The summed E-state index contributed by atoms with van der Waals surface area (Å²) in [6, 6.07) is 17.4. The average molecular weight is 473 g/mol. The van der Waals surface area contributed by atoms with Gasteiger partial charge in [0.05, 0.1) is 18.5 Å². The van der Waals surface area contributed by atoms with Gasteiger partial charge in [-0.2, -0.15) is 5.10 Å². The van der Waals surface area contributed by atoms with E-state index in [1.807, 2.05) is 66.3 Å². The van der Waals surface area contributed by atoms with Crippen LogP contribution in [0.1, 0.15) is 0 Å². The Morgan fingerprint density at radius 3 is 2.54 bits per heavy atom. The predicted molar refractivity (Wildman–Crippen MR) is 135 cm³/mol. The number of aromatic nitrogens is 4. The van der Waals surface area contributed by atoms with Crippen molar-refractivity contribution in [1.29, 1.82) is 0 Å². The molecule has 1 amide bonds. The number of ether oxygens (including phenoxy) is 2. The van der Waals surface area contributed by atoms with Crippen molar-refractivity contribution in [3.8, 4) is 22.8 Å². The molecule has 9 heteroatoms. The van der Waals surface area contributed by atoms with Crippen LogP contribution in [0.4, 0.5) is 5.82 Å². The lowest BCUT2D eigenvalue weighted by atomic mass is 10.1. The van der Waals surface area contributed by atoms with Gasteiger partial charge in [0.1, 0.15) is 29.3 Å². The first-order chi connectivity index (χ1) is 17.1. The highest BCUT2D eigenvalue weighted by Gasteiger charge is 2.18. The highest BCUT2D eigenvalue weighted by atomic mass is 16.5. The van der Waals surface area contributed by atoms with Crippen LogP contribution in [-0.2, 0) is 16.1 Å². The van der Waals surface area contributed by atoms with E-state index in [4.69, 9.17) is 14.6 Å². The zero-order valence-corrected chi connectivity index (χ0v) is 20.0. The van der Waals surface area contributed by atoms with Crippen LogP contribution in [0.2, 0.25) is 0 Å². The van der Waals surface area contributed by atoms with Crippen LogP contribution in [0.15, 0.2) is 73.1 Å². The third-order valence-electron chi connectivity index (χ3n) is 5.42. The highest BCUT2D eigenvalue weighted by molar-refractivity contribution is 5.99. The Hall–Kier alpha value is -4.24. The Balaban J connectivity index is 1.59. The molecular weight excluding hydrogens is 444 g/mol. The fraction of sp³-hybridized carbons (Fsp3) is 0.231. The van der Waals surface area contributed by atoms with Crippen LogP contribution >= 0.6 is 0 Å². The molecule has 180 valence electrons. The normalized spacial score (nSPS) is 11.2. The van der Waals surface area contributed by atoms with Gasteiger partial charge >= 0.3 is 0 Å². The van der Waals surface area contributed by atoms with Gasteiger partial charge in [-0.3, -0.25) is 4.79 Å². The molecule has 0 fully saturated rings. The second-order valence-corrected chi connectivity index (χ2v) is 7.80. The minimum atomic E-state index is -0.0988. The number of nitrogens with zero attached hydrogens (tertiary/aromatic N) is 5. The summed E-state index contributed by atoms with van der Waals surface area (Å²) in [6.45, 7) is 1.34. The molecule has 0 bridgehead atoms. The fourth-order valence-electron chi connectivity index (χ4n) is 3.59. The number of benzene rings is 2. The van der Waals surface area contributed by atoms with Crippen molar-refractivity contribution in [2.75, 3.05) is 39.7 Å². The second-order valence-electron chi connectivity index (χ2n) is 7.80. The summed E-state index contributed by atoms with van der Waals surface area (Å²) in [5.74, 6) is 2.10. The Labute approximate surface area is 204 Å². The van der Waals surface area contributed by atoms with E-state index in [1.54, 1.807) is 25.1 Å². The molecule has 2 aromatic carbocycles. The molecule has 9 nitrogen and oxygen atoms in total. The maximum absolute atomic E-state index is 12.3. The maximum atomic E-state index is 12.3. The van der Waals surface area contributed by atoms with Crippen molar-refractivity contribution < 1.29 is 14.3 Å². The molecule has 0 spiro atoms. The van der Waals surface area contributed by atoms with Crippen molar-refractivity contribution in [1.82, 2.24) is 24.6 Å². The van der Waals surface area contributed by atoms with Crippen molar-refractivity contribution >= 4 is 22.8 Å². The van der Waals surface area contributed by atoms with Gasteiger partial charge in [-0.05, 0) is 36.4 Å². The maximum Gasteiger partial charge on any atom is 0.246 e. The van der Waals surface area contributed by atoms with E-state index >= 15 is 0 Å². The van der Waals surface area contributed by atoms with E-state index < -0.39 is 0 Å². The van der Waals surface area contributed by atoms with Gasteiger partial charge in [-0.1, -0.05) is 24.3 Å². The van der Waals surface area contributed by atoms with Crippen LogP contribution in [0.3, 0.4) is 0 Å². The smallest absolute Gasteiger partial charge is 0.246 e. The van der Waals surface area contributed by atoms with Gasteiger partial charge in [-0.15, -0.1) is 0 Å². The summed E-state index contributed by atoms with van der Waals surface area (Å²) in [4.78, 5) is 22.8. The number of methoxy groups -OCH3 is 1. The van der Waals surface area contributed by atoms with Crippen molar-refractivity contribution in [3.05, 3.63) is 73.1 Å². The first-order valence-corrected chi connectivity index (χ1v) is 11.2. The zero-order valence-electron chi connectivity index (χ0n) is 20.0. The van der Waals surface area contributed by atoms with Crippen molar-refractivity contribution in [2.24, 2.45) is 0 Å². The first kappa shape index (κ1) is 23.9. The van der Waals surface area contributed by atoms with E-state index in [9.17, 15) is 4.79 Å². The van der Waals surface area contributed by atoms with Crippen LogP contribution < -0.4 is 10.1 Å². The Morgan fingerprint density at radius 1 is 1.09 bits per heavy atom. The van der Waals surface area contributed by atoms with Crippen molar-refractivity contribution in [2.45, 2.75) is 6.54 Å². The molecule has 0 aliphatic carbocycles. The monoisotopic (exact) mass is 472 g/mol. The number of fused-ring (bicyclic) bond motifs is 1. The molecule has 0 atom stereocenters. The second kappa shape index (κ2) is 11.3. The van der Waals surface area contributed by atoms with Gasteiger partial charge in [0, 0.05) is 39.4 Å². The lowest BCUT2D eigenvalue weighted by molar-refractivity contribution is -0.124. The third-order valence-corrected chi connectivity index (χ3v) is 5.42. The standard InChI is InChI=1S/C26H28N6O3/c1-27-25-23-24(19-11-13-21(14-12-19)35-20-8-5-4-6-9-20)30-32(26(23)29-18-28-25)16-15-31(2)22(33)10-7-17-34-3/h4-14,18H,15-17H2,1-3H3,(H,27,28,29)/b10-7+. The summed E-state index contributed by atoms with van der Waals surface area (Å²) in [7, 11) is 5.16. The van der Waals surface area contributed by atoms with Gasteiger partial charge in [0.15, 0.2) is 5.65 Å². The topological polar surface area (TPSA) is 94.4 Å². The molecule has 4 aromatic rings. The van der Waals surface area contributed by atoms with E-state index in [0.717, 1.165) is 28.1 Å². The number of para-hydroxylation sites is 1. The molecule has 1 N–H and O–H groups in total. The Morgan fingerprint density at radius 2 is 1.83 bits per heavy atom. The number of rotatable bonds is 10. The summed E-state index contributed by atoms with van der Waals surface area (Å²) in [6.07, 6.45) is 4.71. The number of amides is 1. The summed E-state index contributed by atoms with van der Waals surface area (Å²) < 4.78 is 12.7. The van der Waals surface area contributed by atoms with Gasteiger partial charge in [0.2, 0.25) is 5.91 Å². The molecule has 0 aliphatic rings. The molecule has 0 unspecified atom stereocenters. The van der Waals surface area contributed by atoms with Gasteiger partial charge in [0.25, 0.3) is 0 Å². The minimum Gasteiger partial charge on any atom is -0.457 e. The number of anilines is 1. The molecule has 0 aliphatic heterocycles. The number of hydrogen-bond acceptors (Lipinski definition) is 7. The number of carbonyl (C=O) groups excluding carboxylic acids is 1. The lowest BCUT2D eigenvalue weighted by Crippen LogP contribution is -2.29. The third kappa shape index (κ3) is 5.64. The Bertz CT molecular complexity index is 1300. The van der Waals surface area contributed by atoms with Gasteiger partial charge in [-0.25, -0.2) is 14.6 Å². The predicted octanol–water partition coefficient (Wildman–Crippen LogP) is 3.99. The number of nitrogens with one attached hydrogen (secondary N) is 1. The minimum absolute atomic E-state index is 0.0988. The van der Waals surface area contributed by atoms with E-state index in [2.05, 4.69) is 15.3 Å². The Kier molecular flexibility index (Phi) is 7.69. The number of carbonyl (C=O) groups is 1. The van der Waals surface area contributed by atoms with Crippen LogP contribution in [-0.4, -0.2) is 64.9 Å². The van der Waals surface area contributed by atoms with E-state index in [0.29, 0.717) is 31.2 Å². The summed E-state index contributed by atoms with van der Waals surface area (Å²) in [5, 5.41) is 8.80. The summed E-state index contributed by atoms with van der Waals surface area (Å²) >= 11 is 0. The van der Waals surface area contributed by atoms with E-state index in [-0.39, 0.29) is 5.91 Å². The number of likely N-dealkylation sites (N-methyl/N-ethyl adjacent to an activating group) is 1.